The fourth-order valence-electron chi connectivity index (χ4n) is 1.98. The molecule has 0 N–H and O–H groups in total. The summed E-state index contributed by atoms with van der Waals surface area (Å²) in [6.45, 7) is 2.24. The lowest BCUT2D eigenvalue weighted by atomic mass is 10.1. The highest BCUT2D eigenvalue weighted by atomic mass is 32.2. The Morgan fingerprint density at radius 1 is 0.895 bits per heavy atom. The molecule has 0 bridgehead atoms. The van der Waals surface area contributed by atoms with E-state index in [9.17, 15) is 4.21 Å². The summed E-state index contributed by atoms with van der Waals surface area (Å²) in [5, 5.41) is 0. The summed E-state index contributed by atoms with van der Waals surface area (Å²) in [5.74, 6) is 1.34. The van der Waals surface area contributed by atoms with E-state index in [0.717, 1.165) is 12.8 Å². The third-order valence-electron chi connectivity index (χ3n) is 3.10. The Labute approximate surface area is 120 Å². The van der Waals surface area contributed by atoms with E-state index in [0.29, 0.717) is 11.5 Å². The number of benzene rings is 1. The largest absolute Gasteiger partial charge is 0.401 e. The summed E-state index contributed by atoms with van der Waals surface area (Å²) >= 11 is -1.18. The van der Waals surface area contributed by atoms with Gasteiger partial charge in [0.15, 0.2) is 0 Å². The molecular weight excluding hydrogens is 256 g/mol. The van der Waals surface area contributed by atoms with Gasteiger partial charge >= 0.3 is 0 Å². The minimum atomic E-state index is -1.18. The number of para-hydroxylation sites is 1. The molecule has 0 aliphatic rings. The molecule has 3 heteroatoms. The molecule has 0 aliphatic carbocycles. The summed E-state index contributed by atoms with van der Waals surface area (Å²) in [5.41, 5.74) is 0. The molecule has 2 nitrogen and oxygen atoms in total. The van der Waals surface area contributed by atoms with E-state index in [4.69, 9.17) is 4.18 Å². The van der Waals surface area contributed by atoms with Crippen LogP contribution < -0.4 is 4.18 Å². The lowest BCUT2D eigenvalue weighted by Gasteiger charge is -2.04. The summed E-state index contributed by atoms with van der Waals surface area (Å²) in [4.78, 5) is 0. The monoisotopic (exact) mass is 282 g/mol. The summed E-state index contributed by atoms with van der Waals surface area (Å²) in [6.07, 6.45) is 10.1. The van der Waals surface area contributed by atoms with E-state index >= 15 is 0 Å². The van der Waals surface area contributed by atoms with Gasteiger partial charge in [-0.3, -0.25) is 0 Å². The third-order valence-corrected chi connectivity index (χ3v) is 4.10. The molecule has 1 unspecified atom stereocenters. The first-order chi connectivity index (χ1) is 9.33. The molecule has 0 aromatic heterocycles. The van der Waals surface area contributed by atoms with Crippen LogP contribution in [-0.4, -0.2) is 9.96 Å². The van der Waals surface area contributed by atoms with Crippen molar-refractivity contribution in [2.24, 2.45) is 0 Å². The second kappa shape index (κ2) is 11.0. The van der Waals surface area contributed by atoms with Crippen molar-refractivity contribution in [3.8, 4) is 5.75 Å². The maximum atomic E-state index is 11.7. The van der Waals surface area contributed by atoms with Crippen LogP contribution >= 0.6 is 0 Å². The van der Waals surface area contributed by atoms with Crippen LogP contribution in [0, 0.1) is 0 Å². The molecule has 19 heavy (non-hydrogen) atoms. The second-order valence-corrected chi connectivity index (χ2v) is 6.06. The Morgan fingerprint density at radius 2 is 1.47 bits per heavy atom. The standard InChI is InChI=1S/C16H26O2S/c1-2-3-4-5-6-7-8-12-15-19(17)18-16-13-10-9-11-14-16/h9-11,13-14H,2-8,12,15H2,1H3. The zero-order valence-corrected chi connectivity index (χ0v) is 12.8. The SMILES string of the molecule is CCCCCCCCCCS(=O)Oc1ccccc1. The van der Waals surface area contributed by atoms with Gasteiger partial charge in [0, 0.05) is 0 Å². The molecule has 0 aliphatic heterocycles. The van der Waals surface area contributed by atoms with E-state index in [-0.39, 0.29) is 0 Å². The summed E-state index contributed by atoms with van der Waals surface area (Å²) in [7, 11) is 0. The first-order valence-electron chi connectivity index (χ1n) is 7.44. The molecule has 1 atom stereocenters. The summed E-state index contributed by atoms with van der Waals surface area (Å²) in [6, 6.07) is 9.39. The van der Waals surface area contributed by atoms with Crippen LogP contribution in [0.5, 0.6) is 5.75 Å². The molecule has 0 radical (unpaired) electrons. The Hall–Kier alpha value is -0.830. The Bertz CT molecular complexity index is 338. The Kier molecular flexibility index (Phi) is 9.42. The van der Waals surface area contributed by atoms with Gasteiger partial charge in [-0.15, -0.1) is 0 Å². The zero-order valence-electron chi connectivity index (χ0n) is 12.0. The zero-order chi connectivity index (χ0) is 13.8. The first-order valence-corrected chi connectivity index (χ1v) is 8.69. The lowest BCUT2D eigenvalue weighted by Crippen LogP contribution is -2.05. The van der Waals surface area contributed by atoms with E-state index in [2.05, 4.69) is 6.92 Å². The van der Waals surface area contributed by atoms with Gasteiger partial charge in [0.2, 0.25) is 11.1 Å². The van der Waals surface area contributed by atoms with Crippen LogP contribution in [0.1, 0.15) is 58.3 Å². The van der Waals surface area contributed by atoms with Crippen LogP contribution in [0.15, 0.2) is 30.3 Å². The van der Waals surface area contributed by atoms with Crippen molar-refractivity contribution in [2.75, 3.05) is 5.75 Å². The maximum absolute atomic E-state index is 11.7. The Morgan fingerprint density at radius 3 is 2.11 bits per heavy atom. The molecular formula is C16H26O2S. The molecule has 0 spiro atoms. The normalized spacial score (nSPS) is 12.3. The van der Waals surface area contributed by atoms with E-state index in [1.54, 1.807) is 0 Å². The third kappa shape index (κ3) is 8.82. The van der Waals surface area contributed by atoms with Crippen molar-refractivity contribution >= 4 is 11.1 Å². The van der Waals surface area contributed by atoms with Gasteiger partial charge in [-0.05, 0) is 18.6 Å². The molecule has 108 valence electrons. The predicted molar refractivity (Wildman–Crippen MR) is 82.7 cm³/mol. The van der Waals surface area contributed by atoms with Gasteiger partial charge in [-0.1, -0.05) is 70.1 Å². The number of unbranched alkanes of at least 4 members (excludes halogenated alkanes) is 7. The molecule has 1 aromatic rings. The average Bonchev–Trinajstić information content (AvgIpc) is 2.43. The van der Waals surface area contributed by atoms with E-state index in [1.165, 1.54) is 38.5 Å². The molecule has 0 amide bonds. The smallest absolute Gasteiger partial charge is 0.206 e. The van der Waals surface area contributed by atoms with Crippen molar-refractivity contribution in [3.05, 3.63) is 30.3 Å². The van der Waals surface area contributed by atoms with Crippen LogP contribution in [0.4, 0.5) is 0 Å². The topological polar surface area (TPSA) is 26.3 Å². The van der Waals surface area contributed by atoms with E-state index < -0.39 is 11.1 Å². The number of hydrogen-bond acceptors (Lipinski definition) is 2. The van der Waals surface area contributed by atoms with E-state index in [1.807, 2.05) is 30.3 Å². The van der Waals surface area contributed by atoms with Gasteiger partial charge in [-0.2, -0.15) is 0 Å². The number of hydrogen-bond donors (Lipinski definition) is 0. The van der Waals surface area contributed by atoms with Crippen molar-refractivity contribution < 1.29 is 8.39 Å². The number of rotatable bonds is 11. The lowest BCUT2D eigenvalue weighted by molar-refractivity contribution is 0.551. The molecule has 0 saturated carbocycles. The quantitative estimate of drug-likeness (QED) is 0.541. The fourth-order valence-corrected chi connectivity index (χ4v) is 2.83. The van der Waals surface area contributed by atoms with Gasteiger partial charge in [0.25, 0.3) is 0 Å². The van der Waals surface area contributed by atoms with Gasteiger partial charge in [-0.25, -0.2) is 4.21 Å². The van der Waals surface area contributed by atoms with Crippen LogP contribution in [-0.2, 0) is 11.1 Å². The fraction of sp³-hybridized carbons (Fsp3) is 0.625. The minimum absolute atomic E-state index is 0.643. The van der Waals surface area contributed by atoms with Gasteiger partial charge in [0.05, 0.1) is 5.75 Å². The van der Waals surface area contributed by atoms with Gasteiger partial charge in [0.1, 0.15) is 5.75 Å². The average molecular weight is 282 g/mol. The Balaban J connectivity index is 1.96. The molecule has 0 heterocycles. The van der Waals surface area contributed by atoms with Crippen LogP contribution in [0.25, 0.3) is 0 Å². The maximum Gasteiger partial charge on any atom is 0.206 e. The van der Waals surface area contributed by atoms with Crippen molar-refractivity contribution in [1.29, 1.82) is 0 Å². The summed E-state index contributed by atoms with van der Waals surface area (Å²) < 4.78 is 17.0. The second-order valence-electron chi connectivity index (χ2n) is 4.88. The van der Waals surface area contributed by atoms with Crippen molar-refractivity contribution in [3.63, 3.8) is 0 Å². The minimum Gasteiger partial charge on any atom is -0.401 e. The molecule has 0 fully saturated rings. The highest BCUT2D eigenvalue weighted by molar-refractivity contribution is 7.80. The predicted octanol–water partition coefficient (Wildman–Crippen LogP) is 4.87. The first kappa shape index (κ1) is 16.2. The van der Waals surface area contributed by atoms with Crippen molar-refractivity contribution in [2.45, 2.75) is 58.3 Å². The molecule has 1 rings (SSSR count). The van der Waals surface area contributed by atoms with Crippen LogP contribution in [0.3, 0.4) is 0 Å². The highest BCUT2D eigenvalue weighted by Gasteiger charge is 2.02. The van der Waals surface area contributed by atoms with Gasteiger partial charge < -0.3 is 4.18 Å². The van der Waals surface area contributed by atoms with Crippen LogP contribution in [0.2, 0.25) is 0 Å². The van der Waals surface area contributed by atoms with Crippen molar-refractivity contribution in [1.82, 2.24) is 0 Å². The molecule has 0 saturated heterocycles. The molecule has 1 aromatic carbocycles. The highest BCUT2D eigenvalue weighted by Crippen LogP contribution is 2.12.